The van der Waals surface area contributed by atoms with Gasteiger partial charge in [0.25, 0.3) is 0 Å². The van der Waals surface area contributed by atoms with Crippen molar-refractivity contribution in [1.29, 1.82) is 0 Å². The number of carbonyl (C=O) groups is 1. The van der Waals surface area contributed by atoms with Crippen molar-refractivity contribution in [2.75, 3.05) is 0 Å². The highest BCUT2D eigenvalue weighted by Gasteiger charge is 2.15. The van der Waals surface area contributed by atoms with E-state index in [2.05, 4.69) is 26.0 Å². The van der Waals surface area contributed by atoms with Crippen LogP contribution in [0.2, 0.25) is 0 Å². The highest BCUT2D eigenvalue weighted by atomic mass is 79.9. The van der Waals surface area contributed by atoms with E-state index in [0.29, 0.717) is 11.5 Å². The van der Waals surface area contributed by atoms with Gasteiger partial charge in [-0.05, 0) is 28.1 Å². The van der Waals surface area contributed by atoms with E-state index in [0.717, 1.165) is 4.47 Å². The van der Waals surface area contributed by atoms with E-state index in [1.165, 1.54) is 0 Å². The third-order valence-corrected chi connectivity index (χ3v) is 2.51. The number of nitrogens with zero attached hydrogens (tertiary/aromatic N) is 3. The Hall–Kier alpha value is -1.47. The number of fused-ring (bicyclic) bond motifs is 1. The molecule has 6 nitrogen and oxygen atoms in total. The molecule has 3 N–H and O–H groups in total. The molecule has 0 bridgehead atoms. The number of hydrogen-bond acceptors (Lipinski definition) is 4. The summed E-state index contributed by atoms with van der Waals surface area (Å²) in [6.07, 6.45) is 1.55. The molecule has 2 aromatic heterocycles. The second kappa shape index (κ2) is 4.18. The van der Waals surface area contributed by atoms with Gasteiger partial charge in [-0.15, -0.1) is 5.10 Å². The lowest BCUT2D eigenvalue weighted by Crippen LogP contribution is -2.16. The molecule has 0 fully saturated rings. The van der Waals surface area contributed by atoms with Crippen LogP contribution in [-0.4, -0.2) is 25.7 Å². The molecule has 0 aromatic carbocycles. The average molecular weight is 285 g/mol. The smallest absolute Gasteiger partial charge is 0.305 e. The summed E-state index contributed by atoms with van der Waals surface area (Å²) in [6.45, 7) is 0. The molecule has 1 unspecified atom stereocenters. The van der Waals surface area contributed by atoms with E-state index in [4.69, 9.17) is 10.8 Å². The van der Waals surface area contributed by atoms with Gasteiger partial charge in [0.2, 0.25) is 0 Å². The molecule has 0 aliphatic heterocycles. The molecular formula is C9H9BrN4O2. The first-order valence-corrected chi connectivity index (χ1v) is 5.35. The molecular weight excluding hydrogens is 276 g/mol. The van der Waals surface area contributed by atoms with Crippen LogP contribution < -0.4 is 5.73 Å². The quantitative estimate of drug-likeness (QED) is 0.876. The number of halogens is 1. The summed E-state index contributed by atoms with van der Waals surface area (Å²) in [6, 6.07) is 2.92. The molecule has 0 amide bonds. The minimum atomic E-state index is -0.965. The molecule has 0 saturated carbocycles. The predicted molar refractivity (Wildman–Crippen MR) is 59.9 cm³/mol. The summed E-state index contributed by atoms with van der Waals surface area (Å²) >= 11 is 3.31. The van der Waals surface area contributed by atoms with Crippen molar-refractivity contribution in [1.82, 2.24) is 14.6 Å². The molecule has 0 saturated heterocycles. The zero-order valence-electron chi connectivity index (χ0n) is 8.17. The van der Waals surface area contributed by atoms with Crippen LogP contribution in [0.4, 0.5) is 0 Å². The Morgan fingerprint density at radius 3 is 3.06 bits per heavy atom. The number of aromatic nitrogens is 3. The van der Waals surface area contributed by atoms with Crippen LogP contribution in [0.1, 0.15) is 18.3 Å². The minimum absolute atomic E-state index is 0.182. The van der Waals surface area contributed by atoms with E-state index in [1.807, 2.05) is 6.07 Å². The van der Waals surface area contributed by atoms with E-state index >= 15 is 0 Å². The molecule has 0 aliphatic rings. The average Bonchev–Trinajstić information content (AvgIpc) is 2.59. The number of carboxylic acids is 1. The molecule has 0 radical (unpaired) electrons. The standard InChI is InChI=1S/C9H9BrN4O2/c10-5-1-2-7-12-9(13-14(7)4-5)6(11)3-8(15)16/h1-2,4,6H,3,11H2,(H,15,16). The molecule has 1 atom stereocenters. The van der Waals surface area contributed by atoms with Gasteiger partial charge in [-0.25, -0.2) is 9.50 Å². The Morgan fingerprint density at radius 2 is 2.38 bits per heavy atom. The molecule has 2 aromatic rings. The summed E-state index contributed by atoms with van der Waals surface area (Å²) in [4.78, 5) is 14.7. The molecule has 84 valence electrons. The van der Waals surface area contributed by atoms with E-state index in [1.54, 1.807) is 16.8 Å². The normalized spacial score (nSPS) is 12.9. The highest BCUT2D eigenvalue weighted by Crippen LogP contribution is 2.14. The van der Waals surface area contributed by atoms with E-state index in [-0.39, 0.29) is 6.42 Å². The van der Waals surface area contributed by atoms with Crippen molar-refractivity contribution in [3.63, 3.8) is 0 Å². The minimum Gasteiger partial charge on any atom is -0.481 e. The first kappa shape index (κ1) is 11.0. The van der Waals surface area contributed by atoms with Crippen molar-refractivity contribution in [2.45, 2.75) is 12.5 Å². The molecule has 0 spiro atoms. The number of rotatable bonds is 3. The number of aliphatic carboxylic acids is 1. The topological polar surface area (TPSA) is 93.5 Å². The summed E-state index contributed by atoms with van der Waals surface area (Å²) in [5.41, 5.74) is 6.30. The zero-order valence-corrected chi connectivity index (χ0v) is 9.75. The van der Waals surface area contributed by atoms with Crippen molar-refractivity contribution in [3.8, 4) is 0 Å². The third kappa shape index (κ3) is 2.20. The third-order valence-electron chi connectivity index (χ3n) is 2.04. The largest absolute Gasteiger partial charge is 0.481 e. The van der Waals surface area contributed by atoms with Crippen molar-refractivity contribution < 1.29 is 9.90 Å². The second-order valence-electron chi connectivity index (χ2n) is 3.32. The monoisotopic (exact) mass is 284 g/mol. The van der Waals surface area contributed by atoms with Gasteiger partial charge >= 0.3 is 5.97 Å². The fraction of sp³-hybridized carbons (Fsp3) is 0.222. The van der Waals surface area contributed by atoms with Crippen molar-refractivity contribution in [2.24, 2.45) is 5.73 Å². The summed E-state index contributed by atoms with van der Waals surface area (Å²) in [7, 11) is 0. The predicted octanol–water partition coefficient (Wildman–Crippen LogP) is 0.966. The van der Waals surface area contributed by atoms with Crippen LogP contribution in [0, 0.1) is 0 Å². The Bertz CT molecular complexity index is 539. The van der Waals surface area contributed by atoms with Gasteiger partial charge in [0, 0.05) is 10.7 Å². The van der Waals surface area contributed by atoms with Gasteiger partial charge in [-0.1, -0.05) is 0 Å². The number of carboxylic acid groups (broad SMARTS) is 1. The Labute approximate surface area is 99.2 Å². The van der Waals surface area contributed by atoms with Crippen LogP contribution in [-0.2, 0) is 4.79 Å². The van der Waals surface area contributed by atoms with Crippen LogP contribution in [0.25, 0.3) is 5.65 Å². The fourth-order valence-corrected chi connectivity index (χ4v) is 1.64. The lowest BCUT2D eigenvalue weighted by molar-refractivity contribution is -0.137. The lowest BCUT2D eigenvalue weighted by Gasteiger charge is -2.01. The Morgan fingerprint density at radius 1 is 1.62 bits per heavy atom. The van der Waals surface area contributed by atoms with E-state index < -0.39 is 12.0 Å². The maximum atomic E-state index is 10.5. The molecule has 0 aliphatic carbocycles. The zero-order chi connectivity index (χ0) is 11.7. The molecule has 2 heterocycles. The second-order valence-corrected chi connectivity index (χ2v) is 4.24. The summed E-state index contributed by atoms with van der Waals surface area (Å²) in [5.74, 6) is -0.631. The summed E-state index contributed by atoms with van der Waals surface area (Å²) < 4.78 is 2.42. The van der Waals surface area contributed by atoms with Gasteiger partial charge < -0.3 is 10.8 Å². The number of hydrogen-bond donors (Lipinski definition) is 2. The number of nitrogens with two attached hydrogens (primary N) is 1. The summed E-state index contributed by atoms with van der Waals surface area (Å²) in [5, 5.41) is 12.7. The van der Waals surface area contributed by atoms with Crippen molar-refractivity contribution in [3.05, 3.63) is 28.6 Å². The Balaban J connectivity index is 2.35. The van der Waals surface area contributed by atoms with Gasteiger partial charge in [0.15, 0.2) is 11.5 Å². The van der Waals surface area contributed by atoms with Gasteiger partial charge in [0.05, 0.1) is 12.5 Å². The molecule has 2 rings (SSSR count). The molecule has 16 heavy (non-hydrogen) atoms. The van der Waals surface area contributed by atoms with Crippen LogP contribution in [0.3, 0.4) is 0 Å². The van der Waals surface area contributed by atoms with E-state index in [9.17, 15) is 4.79 Å². The lowest BCUT2D eigenvalue weighted by atomic mass is 10.2. The van der Waals surface area contributed by atoms with Gasteiger partial charge in [-0.2, -0.15) is 0 Å². The van der Waals surface area contributed by atoms with Crippen LogP contribution >= 0.6 is 15.9 Å². The highest BCUT2D eigenvalue weighted by molar-refractivity contribution is 9.10. The van der Waals surface area contributed by atoms with Gasteiger partial charge in [-0.3, -0.25) is 4.79 Å². The Kier molecular flexibility index (Phi) is 2.88. The van der Waals surface area contributed by atoms with Crippen molar-refractivity contribution >= 4 is 27.5 Å². The van der Waals surface area contributed by atoms with Crippen LogP contribution in [0.5, 0.6) is 0 Å². The fourth-order valence-electron chi connectivity index (χ4n) is 1.31. The first-order chi connectivity index (χ1) is 7.56. The SMILES string of the molecule is NC(CC(=O)O)c1nc2ccc(Br)cn2n1. The van der Waals surface area contributed by atoms with Gasteiger partial charge in [0.1, 0.15) is 0 Å². The molecule has 7 heteroatoms. The maximum Gasteiger partial charge on any atom is 0.305 e. The number of pyridine rings is 1. The first-order valence-electron chi connectivity index (χ1n) is 4.55. The maximum absolute atomic E-state index is 10.5. The van der Waals surface area contributed by atoms with Crippen LogP contribution in [0.15, 0.2) is 22.8 Å².